The Kier molecular flexibility index (Phi) is 4.54. The molecule has 0 aromatic carbocycles. The Morgan fingerprint density at radius 3 is 2.46 bits per heavy atom. The first-order chi connectivity index (χ1) is 6.19. The standard InChI is InChI=1S/C11H22ClN/c1-4-10(5-2)13-7-6-11(12)9(3)8-13/h9-11H,4-8H2,1-3H3. The average molecular weight is 204 g/mol. The summed E-state index contributed by atoms with van der Waals surface area (Å²) in [6, 6.07) is 0.784. The Balaban J connectivity index is 2.44. The summed E-state index contributed by atoms with van der Waals surface area (Å²) in [5, 5.41) is 0.408. The number of alkyl halides is 1. The molecule has 0 radical (unpaired) electrons. The maximum atomic E-state index is 6.20. The second kappa shape index (κ2) is 5.21. The minimum atomic E-state index is 0.408. The minimum Gasteiger partial charge on any atom is -0.300 e. The van der Waals surface area contributed by atoms with Gasteiger partial charge in [0, 0.05) is 18.0 Å². The molecule has 0 amide bonds. The van der Waals surface area contributed by atoms with Crippen molar-refractivity contribution >= 4 is 11.6 Å². The zero-order valence-electron chi connectivity index (χ0n) is 9.09. The monoisotopic (exact) mass is 203 g/mol. The Hall–Kier alpha value is 0.250. The van der Waals surface area contributed by atoms with Crippen molar-refractivity contribution in [2.45, 2.75) is 51.5 Å². The lowest BCUT2D eigenvalue weighted by molar-refractivity contribution is 0.126. The molecule has 1 fully saturated rings. The van der Waals surface area contributed by atoms with Crippen molar-refractivity contribution in [1.82, 2.24) is 4.90 Å². The number of hydrogen-bond acceptors (Lipinski definition) is 1. The lowest BCUT2D eigenvalue weighted by Crippen LogP contribution is -2.45. The second-order valence-electron chi connectivity index (χ2n) is 4.25. The SMILES string of the molecule is CCC(CC)N1CCC(Cl)C(C)C1. The first-order valence-electron chi connectivity index (χ1n) is 5.57. The van der Waals surface area contributed by atoms with Crippen LogP contribution in [-0.2, 0) is 0 Å². The Labute approximate surface area is 87.4 Å². The summed E-state index contributed by atoms with van der Waals surface area (Å²) in [5.74, 6) is 0.663. The van der Waals surface area contributed by atoms with Gasteiger partial charge in [-0.05, 0) is 31.7 Å². The van der Waals surface area contributed by atoms with Crippen LogP contribution in [0.1, 0.15) is 40.0 Å². The molecule has 0 spiro atoms. The van der Waals surface area contributed by atoms with Crippen LogP contribution < -0.4 is 0 Å². The van der Waals surface area contributed by atoms with Gasteiger partial charge in [0.05, 0.1) is 0 Å². The maximum Gasteiger partial charge on any atom is 0.0386 e. The van der Waals surface area contributed by atoms with Crippen molar-refractivity contribution in [3.05, 3.63) is 0 Å². The Bertz CT molecular complexity index is 145. The van der Waals surface area contributed by atoms with E-state index in [1.165, 1.54) is 32.4 Å². The van der Waals surface area contributed by atoms with Crippen molar-refractivity contribution in [2.24, 2.45) is 5.92 Å². The van der Waals surface area contributed by atoms with Gasteiger partial charge < -0.3 is 4.90 Å². The van der Waals surface area contributed by atoms with E-state index >= 15 is 0 Å². The molecule has 13 heavy (non-hydrogen) atoms. The summed E-state index contributed by atoms with van der Waals surface area (Å²) < 4.78 is 0. The fraction of sp³-hybridized carbons (Fsp3) is 1.00. The van der Waals surface area contributed by atoms with Crippen LogP contribution in [0, 0.1) is 5.92 Å². The lowest BCUT2D eigenvalue weighted by atomic mass is 9.97. The maximum absolute atomic E-state index is 6.20. The zero-order chi connectivity index (χ0) is 9.84. The van der Waals surface area contributed by atoms with Crippen LogP contribution in [0.3, 0.4) is 0 Å². The number of likely N-dealkylation sites (tertiary alicyclic amines) is 1. The molecule has 0 aromatic rings. The summed E-state index contributed by atoms with van der Waals surface area (Å²) >= 11 is 6.20. The summed E-state index contributed by atoms with van der Waals surface area (Å²) in [7, 11) is 0. The summed E-state index contributed by atoms with van der Waals surface area (Å²) in [4.78, 5) is 2.61. The molecule has 0 bridgehead atoms. The summed E-state index contributed by atoms with van der Waals surface area (Å²) in [5.41, 5.74) is 0. The van der Waals surface area contributed by atoms with Gasteiger partial charge in [-0.3, -0.25) is 0 Å². The Morgan fingerprint density at radius 2 is 2.00 bits per heavy atom. The van der Waals surface area contributed by atoms with E-state index in [1.54, 1.807) is 0 Å². The van der Waals surface area contributed by atoms with E-state index in [4.69, 9.17) is 11.6 Å². The lowest BCUT2D eigenvalue weighted by Gasteiger charge is -2.38. The molecule has 1 saturated heterocycles. The molecule has 0 N–H and O–H groups in total. The summed E-state index contributed by atoms with van der Waals surface area (Å²) in [6.45, 7) is 9.23. The smallest absolute Gasteiger partial charge is 0.0386 e. The number of halogens is 1. The van der Waals surface area contributed by atoms with E-state index < -0.39 is 0 Å². The highest BCUT2D eigenvalue weighted by Gasteiger charge is 2.27. The average Bonchev–Trinajstić information content (AvgIpc) is 2.13. The van der Waals surface area contributed by atoms with E-state index in [0.29, 0.717) is 11.3 Å². The van der Waals surface area contributed by atoms with Gasteiger partial charge >= 0.3 is 0 Å². The molecule has 78 valence electrons. The molecular formula is C11H22ClN. The van der Waals surface area contributed by atoms with Crippen molar-refractivity contribution in [1.29, 1.82) is 0 Å². The van der Waals surface area contributed by atoms with Gasteiger partial charge in [0.15, 0.2) is 0 Å². The molecule has 1 rings (SSSR count). The van der Waals surface area contributed by atoms with Crippen LogP contribution in [0.25, 0.3) is 0 Å². The first-order valence-corrected chi connectivity index (χ1v) is 6.00. The van der Waals surface area contributed by atoms with Crippen molar-refractivity contribution in [3.63, 3.8) is 0 Å². The zero-order valence-corrected chi connectivity index (χ0v) is 9.85. The quantitative estimate of drug-likeness (QED) is 0.638. The van der Waals surface area contributed by atoms with E-state index in [2.05, 4.69) is 25.7 Å². The molecule has 2 heteroatoms. The predicted octanol–water partition coefficient (Wildman–Crippen LogP) is 3.12. The fourth-order valence-electron chi connectivity index (χ4n) is 2.29. The molecule has 2 unspecified atom stereocenters. The van der Waals surface area contributed by atoms with Gasteiger partial charge in [0.2, 0.25) is 0 Å². The molecule has 2 atom stereocenters. The molecule has 0 aromatic heterocycles. The first kappa shape index (κ1) is 11.3. The summed E-state index contributed by atoms with van der Waals surface area (Å²) in [6.07, 6.45) is 3.71. The van der Waals surface area contributed by atoms with E-state index in [-0.39, 0.29) is 0 Å². The van der Waals surface area contributed by atoms with Crippen LogP contribution >= 0.6 is 11.6 Å². The number of hydrogen-bond donors (Lipinski definition) is 0. The van der Waals surface area contributed by atoms with Gasteiger partial charge in [-0.1, -0.05) is 20.8 Å². The molecule has 1 heterocycles. The van der Waals surface area contributed by atoms with Crippen LogP contribution in [0.4, 0.5) is 0 Å². The van der Waals surface area contributed by atoms with Crippen LogP contribution in [0.2, 0.25) is 0 Å². The molecule has 0 aliphatic carbocycles. The molecule has 1 aliphatic rings. The molecule has 0 saturated carbocycles. The third kappa shape index (κ3) is 2.85. The van der Waals surface area contributed by atoms with Crippen molar-refractivity contribution in [2.75, 3.05) is 13.1 Å². The van der Waals surface area contributed by atoms with Gasteiger partial charge in [-0.25, -0.2) is 0 Å². The van der Waals surface area contributed by atoms with Crippen LogP contribution in [0.5, 0.6) is 0 Å². The largest absolute Gasteiger partial charge is 0.300 e. The second-order valence-corrected chi connectivity index (χ2v) is 4.81. The van der Waals surface area contributed by atoms with E-state index in [0.717, 1.165) is 6.04 Å². The minimum absolute atomic E-state index is 0.408. The Morgan fingerprint density at radius 1 is 1.38 bits per heavy atom. The van der Waals surface area contributed by atoms with Crippen molar-refractivity contribution < 1.29 is 0 Å². The molecule has 1 aliphatic heterocycles. The van der Waals surface area contributed by atoms with Crippen LogP contribution in [0.15, 0.2) is 0 Å². The third-order valence-electron chi connectivity index (χ3n) is 3.29. The van der Waals surface area contributed by atoms with Crippen molar-refractivity contribution in [3.8, 4) is 0 Å². The van der Waals surface area contributed by atoms with Crippen LogP contribution in [-0.4, -0.2) is 29.4 Å². The highest BCUT2D eigenvalue weighted by Crippen LogP contribution is 2.24. The van der Waals surface area contributed by atoms with Gasteiger partial charge in [0.25, 0.3) is 0 Å². The molecular weight excluding hydrogens is 182 g/mol. The predicted molar refractivity (Wildman–Crippen MR) is 59.4 cm³/mol. The topological polar surface area (TPSA) is 3.24 Å². The van der Waals surface area contributed by atoms with Gasteiger partial charge in [0.1, 0.15) is 0 Å². The van der Waals surface area contributed by atoms with E-state index in [9.17, 15) is 0 Å². The van der Waals surface area contributed by atoms with E-state index in [1.807, 2.05) is 0 Å². The normalized spacial score (nSPS) is 31.2. The van der Waals surface area contributed by atoms with Gasteiger partial charge in [-0.2, -0.15) is 0 Å². The molecule has 1 nitrogen and oxygen atoms in total. The number of nitrogens with zero attached hydrogens (tertiary/aromatic N) is 1. The number of piperidine rings is 1. The fourth-order valence-corrected chi connectivity index (χ4v) is 2.46. The number of rotatable bonds is 3. The highest BCUT2D eigenvalue weighted by atomic mass is 35.5. The highest BCUT2D eigenvalue weighted by molar-refractivity contribution is 6.20. The third-order valence-corrected chi connectivity index (χ3v) is 3.94. The van der Waals surface area contributed by atoms with Gasteiger partial charge in [-0.15, -0.1) is 11.6 Å².